The van der Waals surface area contributed by atoms with E-state index in [1.54, 1.807) is 24.6 Å². The van der Waals surface area contributed by atoms with Crippen molar-refractivity contribution in [3.8, 4) is 5.75 Å². The van der Waals surface area contributed by atoms with Crippen LogP contribution in [0.15, 0.2) is 65.9 Å². The lowest BCUT2D eigenvalue weighted by Crippen LogP contribution is -2.20. The number of ether oxygens (including phenoxy) is 1. The Kier molecular flexibility index (Phi) is 4.30. The van der Waals surface area contributed by atoms with Crippen LogP contribution < -0.4 is 10.2 Å². The normalized spacial score (nSPS) is 11.3. The number of nitrogens with zero attached hydrogens (tertiary/aromatic N) is 3. The van der Waals surface area contributed by atoms with Crippen molar-refractivity contribution in [1.29, 1.82) is 0 Å². The number of hydrogen-bond donors (Lipinski definition) is 1. The molecule has 0 saturated carbocycles. The van der Waals surface area contributed by atoms with Gasteiger partial charge in [-0.25, -0.2) is 10.4 Å². The number of rotatable bonds is 4. The van der Waals surface area contributed by atoms with Crippen LogP contribution in [0.1, 0.15) is 21.7 Å². The summed E-state index contributed by atoms with van der Waals surface area (Å²) < 4.78 is 7.19. The maximum absolute atomic E-state index is 12.6. The molecule has 0 saturated heterocycles. The summed E-state index contributed by atoms with van der Waals surface area (Å²) in [5.41, 5.74) is 5.24. The third kappa shape index (κ3) is 3.01. The fourth-order valence-corrected chi connectivity index (χ4v) is 3.18. The number of fused-ring (bicyclic) bond motifs is 2. The van der Waals surface area contributed by atoms with E-state index in [0.29, 0.717) is 17.1 Å². The number of hydrazone groups is 1. The first-order valence-corrected chi connectivity index (χ1v) is 8.52. The first-order chi connectivity index (χ1) is 13.2. The molecule has 4 rings (SSSR count). The molecule has 0 unspecified atom stereocenters. The highest BCUT2D eigenvalue weighted by atomic mass is 16.5. The number of methoxy groups -OCH3 is 1. The maximum atomic E-state index is 12.6. The van der Waals surface area contributed by atoms with Gasteiger partial charge >= 0.3 is 0 Å². The molecule has 4 aromatic rings. The molecule has 0 aliphatic carbocycles. The van der Waals surface area contributed by atoms with E-state index >= 15 is 0 Å². The minimum atomic E-state index is -0.318. The number of imidazole rings is 1. The Morgan fingerprint density at radius 2 is 1.96 bits per heavy atom. The van der Waals surface area contributed by atoms with Gasteiger partial charge in [0.05, 0.1) is 19.0 Å². The maximum Gasteiger partial charge on any atom is 0.290 e. The smallest absolute Gasteiger partial charge is 0.290 e. The minimum absolute atomic E-state index is 0.318. The van der Waals surface area contributed by atoms with Crippen LogP contribution in [0.5, 0.6) is 5.75 Å². The second kappa shape index (κ2) is 6.92. The van der Waals surface area contributed by atoms with E-state index in [1.165, 1.54) is 0 Å². The molecule has 0 aliphatic rings. The number of benzene rings is 2. The topological polar surface area (TPSA) is 68.0 Å². The SMILES string of the molecule is COc1ccc2ccccc2c1/C=N\NC(=O)c1c(C)nc2ccccn12. The van der Waals surface area contributed by atoms with Gasteiger partial charge in [0.25, 0.3) is 5.91 Å². The molecular weight excluding hydrogens is 340 g/mol. The van der Waals surface area contributed by atoms with Gasteiger partial charge in [-0.1, -0.05) is 36.4 Å². The molecular formula is C21H18N4O2. The monoisotopic (exact) mass is 358 g/mol. The number of pyridine rings is 1. The van der Waals surface area contributed by atoms with Crippen LogP contribution in [0.3, 0.4) is 0 Å². The summed E-state index contributed by atoms with van der Waals surface area (Å²) in [6.45, 7) is 1.80. The molecule has 134 valence electrons. The van der Waals surface area contributed by atoms with Crippen LogP contribution in [-0.2, 0) is 0 Å². The number of nitrogens with one attached hydrogen (secondary N) is 1. The number of aryl methyl sites for hydroxylation is 1. The predicted molar refractivity (Wildman–Crippen MR) is 105 cm³/mol. The number of amides is 1. The molecule has 1 N–H and O–H groups in total. The van der Waals surface area contributed by atoms with E-state index < -0.39 is 0 Å². The number of aromatic nitrogens is 2. The minimum Gasteiger partial charge on any atom is -0.496 e. The number of carbonyl (C=O) groups is 1. The molecule has 0 radical (unpaired) electrons. The average Bonchev–Trinajstić information content (AvgIpc) is 3.03. The van der Waals surface area contributed by atoms with Crippen LogP contribution in [0.4, 0.5) is 0 Å². The van der Waals surface area contributed by atoms with E-state index in [2.05, 4.69) is 15.5 Å². The standard InChI is InChI=1S/C21H18N4O2/c1-14-20(25-12-6-5-9-19(25)23-14)21(26)24-22-13-17-16-8-4-3-7-15(16)10-11-18(17)27-2/h3-13H,1-2H3,(H,24,26)/b22-13-. The van der Waals surface area contributed by atoms with Crippen molar-refractivity contribution in [3.63, 3.8) is 0 Å². The van der Waals surface area contributed by atoms with E-state index in [1.807, 2.05) is 60.8 Å². The van der Waals surface area contributed by atoms with Crippen molar-refractivity contribution in [2.45, 2.75) is 6.92 Å². The fraction of sp³-hybridized carbons (Fsp3) is 0.0952. The van der Waals surface area contributed by atoms with Crippen molar-refractivity contribution < 1.29 is 9.53 Å². The van der Waals surface area contributed by atoms with Gasteiger partial charge in [-0.2, -0.15) is 5.10 Å². The molecule has 0 spiro atoms. The highest BCUT2D eigenvalue weighted by molar-refractivity contribution is 6.03. The van der Waals surface area contributed by atoms with E-state index in [4.69, 9.17) is 4.74 Å². The summed E-state index contributed by atoms with van der Waals surface area (Å²) in [5.74, 6) is 0.374. The molecule has 2 aromatic heterocycles. The van der Waals surface area contributed by atoms with Crippen molar-refractivity contribution in [3.05, 3.63) is 77.7 Å². The lowest BCUT2D eigenvalue weighted by Gasteiger charge is -2.08. The van der Waals surface area contributed by atoms with Gasteiger partial charge in [-0.3, -0.25) is 9.20 Å². The summed E-state index contributed by atoms with van der Waals surface area (Å²) in [5, 5.41) is 6.23. The molecule has 1 amide bonds. The second-order valence-corrected chi connectivity index (χ2v) is 6.08. The van der Waals surface area contributed by atoms with E-state index in [-0.39, 0.29) is 5.91 Å². The van der Waals surface area contributed by atoms with Gasteiger partial charge in [0.2, 0.25) is 0 Å². The quantitative estimate of drug-likeness (QED) is 0.448. The molecule has 27 heavy (non-hydrogen) atoms. The van der Waals surface area contributed by atoms with Gasteiger partial charge in [0, 0.05) is 11.8 Å². The van der Waals surface area contributed by atoms with E-state index in [9.17, 15) is 4.79 Å². The van der Waals surface area contributed by atoms with Crippen molar-refractivity contribution in [2.24, 2.45) is 5.10 Å². The van der Waals surface area contributed by atoms with Gasteiger partial charge in [-0.05, 0) is 35.9 Å². The summed E-state index contributed by atoms with van der Waals surface area (Å²) in [6.07, 6.45) is 3.42. The summed E-state index contributed by atoms with van der Waals surface area (Å²) in [7, 11) is 1.61. The van der Waals surface area contributed by atoms with Crippen molar-refractivity contribution in [2.75, 3.05) is 7.11 Å². The first kappa shape index (κ1) is 16.8. The Morgan fingerprint density at radius 3 is 2.81 bits per heavy atom. The van der Waals surface area contributed by atoms with Crippen LogP contribution in [0.25, 0.3) is 16.4 Å². The molecule has 0 atom stereocenters. The zero-order chi connectivity index (χ0) is 18.8. The lowest BCUT2D eigenvalue weighted by atomic mass is 10.0. The van der Waals surface area contributed by atoms with Crippen LogP contribution >= 0.6 is 0 Å². The predicted octanol–water partition coefficient (Wildman–Crippen LogP) is 3.57. The Morgan fingerprint density at radius 1 is 1.15 bits per heavy atom. The van der Waals surface area contributed by atoms with Gasteiger partial charge < -0.3 is 4.74 Å². The summed E-state index contributed by atoms with van der Waals surface area (Å²) >= 11 is 0. The number of carbonyl (C=O) groups excluding carboxylic acids is 1. The number of hydrogen-bond acceptors (Lipinski definition) is 4. The zero-order valence-corrected chi connectivity index (χ0v) is 15.0. The molecule has 2 aromatic carbocycles. The molecule has 0 fully saturated rings. The molecule has 0 aliphatic heterocycles. The van der Waals surface area contributed by atoms with E-state index in [0.717, 1.165) is 22.0 Å². The Balaban J connectivity index is 1.65. The van der Waals surface area contributed by atoms with Gasteiger partial charge in [-0.15, -0.1) is 0 Å². The van der Waals surface area contributed by atoms with Gasteiger partial charge in [0.1, 0.15) is 17.1 Å². The fourth-order valence-electron chi connectivity index (χ4n) is 3.18. The van der Waals surface area contributed by atoms with Crippen LogP contribution in [-0.4, -0.2) is 28.6 Å². The zero-order valence-electron chi connectivity index (χ0n) is 15.0. The molecule has 0 bridgehead atoms. The first-order valence-electron chi connectivity index (χ1n) is 8.52. The van der Waals surface area contributed by atoms with Crippen molar-refractivity contribution in [1.82, 2.24) is 14.8 Å². The summed E-state index contributed by atoms with van der Waals surface area (Å²) in [6, 6.07) is 17.4. The Hall–Kier alpha value is -3.67. The highest BCUT2D eigenvalue weighted by Crippen LogP contribution is 2.26. The molecule has 2 heterocycles. The Bertz CT molecular complexity index is 1180. The second-order valence-electron chi connectivity index (χ2n) is 6.08. The van der Waals surface area contributed by atoms with Crippen LogP contribution in [0.2, 0.25) is 0 Å². The third-order valence-electron chi connectivity index (χ3n) is 4.43. The van der Waals surface area contributed by atoms with Gasteiger partial charge in [0.15, 0.2) is 0 Å². The molecule has 6 heteroatoms. The molecule has 6 nitrogen and oxygen atoms in total. The summed E-state index contributed by atoms with van der Waals surface area (Å²) in [4.78, 5) is 17.0. The largest absolute Gasteiger partial charge is 0.496 e. The van der Waals surface area contributed by atoms with Crippen LogP contribution in [0, 0.1) is 6.92 Å². The highest BCUT2D eigenvalue weighted by Gasteiger charge is 2.15. The average molecular weight is 358 g/mol. The Labute approximate surface area is 156 Å². The lowest BCUT2D eigenvalue weighted by molar-refractivity contribution is 0.0948. The third-order valence-corrected chi connectivity index (χ3v) is 4.43. The van der Waals surface area contributed by atoms with Crippen molar-refractivity contribution >= 4 is 28.5 Å².